The molecular formula is C17H34N4. The van der Waals surface area contributed by atoms with Crippen molar-refractivity contribution < 1.29 is 0 Å². The first-order valence-corrected chi connectivity index (χ1v) is 8.64. The molecule has 2 rings (SSSR count). The van der Waals surface area contributed by atoms with Crippen molar-refractivity contribution in [3.63, 3.8) is 0 Å². The second kappa shape index (κ2) is 7.48. The zero-order valence-electron chi connectivity index (χ0n) is 14.4. The molecule has 2 fully saturated rings. The van der Waals surface area contributed by atoms with Crippen LogP contribution in [0.5, 0.6) is 0 Å². The molecule has 0 aromatic heterocycles. The summed E-state index contributed by atoms with van der Waals surface area (Å²) in [5.74, 6) is 1.75. The minimum absolute atomic E-state index is 0.530. The van der Waals surface area contributed by atoms with Crippen LogP contribution in [0.1, 0.15) is 52.4 Å². The van der Waals surface area contributed by atoms with Gasteiger partial charge in [0.1, 0.15) is 0 Å². The van der Waals surface area contributed by atoms with E-state index >= 15 is 0 Å². The predicted molar refractivity (Wildman–Crippen MR) is 90.8 cm³/mol. The smallest absolute Gasteiger partial charge is 0.191 e. The van der Waals surface area contributed by atoms with Crippen LogP contribution in [-0.2, 0) is 0 Å². The summed E-state index contributed by atoms with van der Waals surface area (Å²) in [5.41, 5.74) is 0.530. The number of rotatable bonds is 3. The van der Waals surface area contributed by atoms with Gasteiger partial charge in [-0.15, -0.1) is 0 Å². The van der Waals surface area contributed by atoms with Crippen LogP contribution in [-0.4, -0.2) is 50.6 Å². The van der Waals surface area contributed by atoms with E-state index in [1.807, 2.05) is 7.05 Å². The third-order valence-corrected chi connectivity index (χ3v) is 5.18. The monoisotopic (exact) mass is 294 g/mol. The fraction of sp³-hybridized carbons (Fsp3) is 0.941. The van der Waals surface area contributed by atoms with Crippen LogP contribution in [0.2, 0.25) is 0 Å². The van der Waals surface area contributed by atoms with Gasteiger partial charge in [0.05, 0.1) is 0 Å². The number of piperidine rings is 1. The highest BCUT2D eigenvalue weighted by Gasteiger charge is 2.27. The molecule has 1 heterocycles. The van der Waals surface area contributed by atoms with Gasteiger partial charge in [-0.25, -0.2) is 0 Å². The summed E-state index contributed by atoms with van der Waals surface area (Å²) < 4.78 is 0. The van der Waals surface area contributed by atoms with Crippen LogP contribution in [0.4, 0.5) is 0 Å². The number of guanidine groups is 1. The fourth-order valence-corrected chi connectivity index (χ4v) is 3.61. The van der Waals surface area contributed by atoms with Crippen LogP contribution in [0, 0.1) is 11.3 Å². The lowest BCUT2D eigenvalue weighted by Crippen LogP contribution is -2.48. The molecule has 0 aromatic rings. The Labute approximate surface area is 130 Å². The van der Waals surface area contributed by atoms with Crippen molar-refractivity contribution in [1.29, 1.82) is 0 Å². The Hall–Kier alpha value is -0.770. The molecule has 4 nitrogen and oxygen atoms in total. The summed E-state index contributed by atoms with van der Waals surface area (Å²) in [4.78, 5) is 6.84. The molecule has 4 heteroatoms. The van der Waals surface area contributed by atoms with Gasteiger partial charge in [-0.3, -0.25) is 4.99 Å². The van der Waals surface area contributed by atoms with E-state index in [4.69, 9.17) is 0 Å². The molecule has 0 bridgehead atoms. The maximum Gasteiger partial charge on any atom is 0.191 e. The highest BCUT2D eigenvalue weighted by Crippen LogP contribution is 2.34. The average molecular weight is 294 g/mol. The van der Waals surface area contributed by atoms with E-state index in [0.29, 0.717) is 11.5 Å². The lowest BCUT2D eigenvalue weighted by atomic mass is 9.75. The Balaban J connectivity index is 1.71. The van der Waals surface area contributed by atoms with E-state index < -0.39 is 0 Å². The summed E-state index contributed by atoms with van der Waals surface area (Å²) >= 11 is 0. The molecule has 1 unspecified atom stereocenters. The van der Waals surface area contributed by atoms with E-state index in [0.717, 1.165) is 18.4 Å². The molecule has 122 valence electrons. The number of nitrogens with zero attached hydrogens (tertiary/aromatic N) is 2. The maximum atomic E-state index is 4.40. The Morgan fingerprint density at radius 2 is 1.95 bits per heavy atom. The molecule has 1 aliphatic heterocycles. The van der Waals surface area contributed by atoms with Gasteiger partial charge in [-0.1, -0.05) is 13.8 Å². The Kier molecular flexibility index (Phi) is 5.91. The lowest BCUT2D eigenvalue weighted by molar-refractivity contribution is 0.208. The van der Waals surface area contributed by atoms with Crippen molar-refractivity contribution in [2.45, 2.75) is 58.4 Å². The average Bonchev–Trinajstić information content (AvgIpc) is 2.45. The Morgan fingerprint density at radius 1 is 1.24 bits per heavy atom. The Morgan fingerprint density at radius 3 is 2.57 bits per heavy atom. The molecule has 2 N–H and O–H groups in total. The SMILES string of the molecule is CN=C(NCC1CCCN(C)C1)NC1CCC(C)(C)CC1. The predicted octanol–water partition coefficient (Wildman–Crippen LogP) is 2.46. The molecule has 1 aliphatic carbocycles. The molecule has 0 radical (unpaired) electrons. The van der Waals surface area contributed by atoms with Gasteiger partial charge >= 0.3 is 0 Å². The normalized spacial score (nSPS) is 28.4. The van der Waals surface area contributed by atoms with Crippen molar-refractivity contribution >= 4 is 5.96 Å². The second-order valence-corrected chi connectivity index (χ2v) is 7.81. The fourth-order valence-electron chi connectivity index (χ4n) is 3.61. The minimum atomic E-state index is 0.530. The number of hydrogen-bond acceptors (Lipinski definition) is 2. The molecule has 21 heavy (non-hydrogen) atoms. The quantitative estimate of drug-likeness (QED) is 0.620. The molecule has 0 amide bonds. The largest absolute Gasteiger partial charge is 0.356 e. The molecule has 1 saturated heterocycles. The van der Waals surface area contributed by atoms with Crippen LogP contribution >= 0.6 is 0 Å². The number of nitrogens with one attached hydrogen (secondary N) is 2. The maximum absolute atomic E-state index is 4.40. The zero-order valence-corrected chi connectivity index (χ0v) is 14.4. The molecule has 1 atom stereocenters. The van der Waals surface area contributed by atoms with Crippen LogP contribution in [0.25, 0.3) is 0 Å². The van der Waals surface area contributed by atoms with E-state index in [-0.39, 0.29) is 0 Å². The number of likely N-dealkylation sites (tertiary alicyclic amines) is 1. The van der Waals surface area contributed by atoms with Gasteiger partial charge in [0.2, 0.25) is 0 Å². The summed E-state index contributed by atoms with van der Waals surface area (Å²) in [6.07, 6.45) is 7.82. The second-order valence-electron chi connectivity index (χ2n) is 7.81. The highest BCUT2D eigenvalue weighted by atomic mass is 15.2. The standard InChI is InChI=1S/C17H34N4/c1-17(2)9-7-15(8-10-17)20-16(18-3)19-12-14-6-5-11-21(4)13-14/h14-15H,5-13H2,1-4H3,(H2,18,19,20). The highest BCUT2D eigenvalue weighted by molar-refractivity contribution is 5.79. The van der Waals surface area contributed by atoms with Crippen LogP contribution in [0.3, 0.4) is 0 Å². The topological polar surface area (TPSA) is 39.7 Å². The van der Waals surface area contributed by atoms with Crippen LogP contribution < -0.4 is 10.6 Å². The zero-order chi connectivity index (χ0) is 15.3. The minimum Gasteiger partial charge on any atom is -0.356 e. The van der Waals surface area contributed by atoms with Gasteiger partial charge < -0.3 is 15.5 Å². The molecule has 0 spiro atoms. The first-order valence-electron chi connectivity index (χ1n) is 8.64. The van der Waals surface area contributed by atoms with Gasteiger partial charge in [-0.05, 0) is 63.5 Å². The molecular weight excluding hydrogens is 260 g/mol. The summed E-state index contributed by atoms with van der Waals surface area (Å²) in [6.45, 7) is 8.27. The van der Waals surface area contributed by atoms with Crippen molar-refractivity contribution in [3.8, 4) is 0 Å². The van der Waals surface area contributed by atoms with Gasteiger partial charge in [0, 0.05) is 26.2 Å². The number of hydrogen-bond donors (Lipinski definition) is 2. The first-order chi connectivity index (χ1) is 9.98. The third kappa shape index (κ3) is 5.50. The van der Waals surface area contributed by atoms with Gasteiger partial charge in [0.25, 0.3) is 0 Å². The summed E-state index contributed by atoms with van der Waals surface area (Å²) in [5, 5.41) is 7.16. The van der Waals surface area contributed by atoms with Crippen molar-refractivity contribution in [2.75, 3.05) is 33.7 Å². The first kappa shape index (κ1) is 16.6. The van der Waals surface area contributed by atoms with E-state index in [1.54, 1.807) is 0 Å². The van der Waals surface area contributed by atoms with Crippen molar-refractivity contribution in [3.05, 3.63) is 0 Å². The van der Waals surface area contributed by atoms with Gasteiger partial charge in [0.15, 0.2) is 5.96 Å². The third-order valence-electron chi connectivity index (χ3n) is 5.18. The molecule has 1 saturated carbocycles. The van der Waals surface area contributed by atoms with E-state index in [2.05, 4.69) is 41.4 Å². The van der Waals surface area contributed by atoms with Crippen LogP contribution in [0.15, 0.2) is 4.99 Å². The van der Waals surface area contributed by atoms with Gasteiger partial charge in [-0.2, -0.15) is 0 Å². The van der Waals surface area contributed by atoms with E-state index in [1.165, 1.54) is 51.6 Å². The summed E-state index contributed by atoms with van der Waals surface area (Å²) in [6, 6.07) is 0.596. The molecule has 2 aliphatic rings. The molecule has 0 aromatic carbocycles. The summed E-state index contributed by atoms with van der Waals surface area (Å²) in [7, 11) is 4.11. The van der Waals surface area contributed by atoms with E-state index in [9.17, 15) is 0 Å². The lowest BCUT2D eigenvalue weighted by Gasteiger charge is -2.35. The van der Waals surface area contributed by atoms with Crippen molar-refractivity contribution in [1.82, 2.24) is 15.5 Å². The number of aliphatic imine (C=N–C) groups is 1. The van der Waals surface area contributed by atoms with Crippen molar-refractivity contribution in [2.24, 2.45) is 16.3 Å². The Bertz CT molecular complexity index is 341.